The summed E-state index contributed by atoms with van der Waals surface area (Å²) in [5.41, 5.74) is 0.702. The summed E-state index contributed by atoms with van der Waals surface area (Å²) in [7, 11) is 0. The second-order valence-electron chi connectivity index (χ2n) is 4.25. The summed E-state index contributed by atoms with van der Waals surface area (Å²) < 4.78 is 0. The van der Waals surface area contributed by atoms with Crippen LogP contribution >= 0.6 is 0 Å². The number of benzene rings is 1. The average Bonchev–Trinajstić information content (AvgIpc) is 2.97. The smallest absolute Gasteiger partial charge is 0.278 e. The van der Waals surface area contributed by atoms with Crippen LogP contribution in [0.1, 0.15) is 18.9 Å². The third kappa shape index (κ3) is 3.36. The molecule has 7 nitrogen and oxygen atoms in total. The van der Waals surface area contributed by atoms with Crippen LogP contribution in [0, 0.1) is 22.0 Å². The Morgan fingerprint density at radius 3 is 3.05 bits per heavy atom. The summed E-state index contributed by atoms with van der Waals surface area (Å²) in [4.78, 5) is 27.4. The Morgan fingerprint density at radius 1 is 1.57 bits per heavy atom. The number of para-hydroxylation sites is 1. The third-order valence-electron chi connectivity index (χ3n) is 2.90. The zero-order valence-electron chi connectivity index (χ0n) is 11.3. The fraction of sp³-hybridized carbons (Fsp3) is 0.286. The van der Waals surface area contributed by atoms with Crippen LogP contribution in [-0.4, -0.2) is 29.2 Å². The van der Waals surface area contributed by atoms with Gasteiger partial charge in [0.05, 0.1) is 22.7 Å². The van der Waals surface area contributed by atoms with Crippen LogP contribution in [0.3, 0.4) is 0 Å². The van der Waals surface area contributed by atoms with Crippen molar-refractivity contribution in [1.29, 1.82) is 0 Å². The lowest BCUT2D eigenvalue weighted by Crippen LogP contribution is -2.35. The van der Waals surface area contributed by atoms with Gasteiger partial charge in [-0.3, -0.25) is 14.9 Å². The van der Waals surface area contributed by atoms with Crippen molar-refractivity contribution >= 4 is 17.3 Å². The minimum Gasteiger partial charge on any atom is -0.382 e. The second-order valence-corrected chi connectivity index (χ2v) is 4.25. The van der Waals surface area contributed by atoms with E-state index in [1.807, 2.05) is 0 Å². The first-order valence-electron chi connectivity index (χ1n) is 6.27. The molecule has 1 aliphatic rings. The molecule has 0 fully saturated rings. The summed E-state index contributed by atoms with van der Waals surface area (Å²) in [6, 6.07) is 6.23. The fourth-order valence-corrected chi connectivity index (χ4v) is 1.89. The molecule has 1 atom stereocenters. The average molecular weight is 287 g/mol. The number of hydrogen-bond donors (Lipinski definition) is 1. The lowest BCUT2D eigenvalue weighted by Gasteiger charge is -2.06. The van der Waals surface area contributed by atoms with Gasteiger partial charge in [-0.05, 0) is 13.0 Å². The van der Waals surface area contributed by atoms with E-state index >= 15 is 0 Å². The number of nitrogens with one attached hydrogen (secondary N) is 1. The first kappa shape index (κ1) is 14.5. The number of amides is 1. The molecular formula is C14H13N3O4. The molecule has 0 saturated carbocycles. The number of nitro benzene ring substituents is 1. The third-order valence-corrected chi connectivity index (χ3v) is 2.90. The first-order valence-corrected chi connectivity index (χ1v) is 6.27. The van der Waals surface area contributed by atoms with Crippen molar-refractivity contribution in [2.45, 2.75) is 19.4 Å². The molecule has 0 radical (unpaired) electrons. The van der Waals surface area contributed by atoms with Crippen molar-refractivity contribution in [1.82, 2.24) is 5.32 Å². The predicted molar refractivity (Wildman–Crippen MR) is 75.6 cm³/mol. The largest absolute Gasteiger partial charge is 0.382 e. The zero-order valence-corrected chi connectivity index (χ0v) is 11.3. The van der Waals surface area contributed by atoms with Gasteiger partial charge in [0.25, 0.3) is 11.6 Å². The van der Waals surface area contributed by atoms with Gasteiger partial charge >= 0.3 is 0 Å². The van der Waals surface area contributed by atoms with Crippen molar-refractivity contribution in [3.63, 3.8) is 0 Å². The molecule has 1 aliphatic heterocycles. The highest BCUT2D eigenvalue weighted by atomic mass is 16.6. The van der Waals surface area contributed by atoms with Crippen molar-refractivity contribution in [3.05, 3.63) is 39.9 Å². The lowest BCUT2D eigenvalue weighted by molar-refractivity contribution is -0.385. The molecule has 0 bridgehead atoms. The van der Waals surface area contributed by atoms with Crippen LogP contribution < -0.4 is 5.32 Å². The van der Waals surface area contributed by atoms with Crippen molar-refractivity contribution in [3.8, 4) is 11.8 Å². The molecule has 1 aromatic rings. The molecule has 1 aromatic carbocycles. The van der Waals surface area contributed by atoms with Crippen LogP contribution in [0.15, 0.2) is 29.4 Å². The van der Waals surface area contributed by atoms with E-state index < -0.39 is 11.0 Å². The molecule has 1 amide bonds. The molecule has 1 heterocycles. The van der Waals surface area contributed by atoms with Gasteiger partial charge in [0.15, 0.2) is 0 Å². The van der Waals surface area contributed by atoms with Gasteiger partial charge in [0, 0.05) is 12.5 Å². The van der Waals surface area contributed by atoms with E-state index in [-0.39, 0.29) is 24.6 Å². The van der Waals surface area contributed by atoms with Crippen molar-refractivity contribution in [2.75, 3.05) is 6.54 Å². The Labute approximate surface area is 121 Å². The monoisotopic (exact) mass is 287 g/mol. The van der Waals surface area contributed by atoms with Crippen LogP contribution in [0.4, 0.5) is 5.69 Å². The van der Waals surface area contributed by atoms with Gasteiger partial charge in [-0.25, -0.2) is 0 Å². The van der Waals surface area contributed by atoms with Gasteiger partial charge in [0.1, 0.15) is 0 Å². The molecule has 0 unspecified atom stereocenters. The minimum absolute atomic E-state index is 0.0576. The number of nitro groups is 1. The topological polar surface area (TPSA) is 93.8 Å². The van der Waals surface area contributed by atoms with E-state index in [0.29, 0.717) is 11.3 Å². The van der Waals surface area contributed by atoms with Gasteiger partial charge < -0.3 is 10.2 Å². The molecule has 21 heavy (non-hydrogen) atoms. The quantitative estimate of drug-likeness (QED) is 0.512. The summed E-state index contributed by atoms with van der Waals surface area (Å²) in [5.74, 6) is 5.03. The number of nitrogens with zero attached hydrogens (tertiary/aromatic N) is 2. The van der Waals surface area contributed by atoms with E-state index in [1.165, 1.54) is 6.07 Å². The SMILES string of the molecule is CC#CCNC(=O)[C@H]1CC(c2ccccc2[N+](=O)[O-])=NO1. The maximum atomic E-state index is 11.8. The molecular weight excluding hydrogens is 274 g/mol. The maximum absolute atomic E-state index is 11.8. The molecule has 1 N–H and O–H groups in total. The number of rotatable bonds is 4. The number of carbonyl (C=O) groups is 1. The van der Waals surface area contributed by atoms with Crippen LogP contribution in [0.2, 0.25) is 0 Å². The van der Waals surface area contributed by atoms with Crippen LogP contribution in [0.25, 0.3) is 0 Å². The van der Waals surface area contributed by atoms with Gasteiger partial charge in [-0.2, -0.15) is 0 Å². The van der Waals surface area contributed by atoms with Gasteiger partial charge in [-0.15, -0.1) is 5.92 Å². The molecule has 0 aromatic heterocycles. The Bertz CT molecular complexity index is 658. The number of oxime groups is 1. The van der Waals surface area contributed by atoms with Gasteiger partial charge in [0.2, 0.25) is 6.10 Å². The van der Waals surface area contributed by atoms with Crippen molar-refractivity contribution in [2.24, 2.45) is 5.16 Å². The maximum Gasteiger partial charge on any atom is 0.278 e. The molecule has 108 valence electrons. The summed E-state index contributed by atoms with van der Waals surface area (Å²) in [6.07, 6.45) is -0.588. The molecule has 0 saturated heterocycles. The second kappa shape index (κ2) is 6.52. The zero-order chi connectivity index (χ0) is 15.2. The van der Waals surface area contributed by atoms with E-state index in [9.17, 15) is 14.9 Å². The molecule has 7 heteroatoms. The van der Waals surface area contributed by atoms with E-state index in [4.69, 9.17) is 4.84 Å². The first-order chi connectivity index (χ1) is 10.1. The summed E-state index contributed by atoms with van der Waals surface area (Å²) in [5, 5.41) is 17.4. The highest BCUT2D eigenvalue weighted by Gasteiger charge is 2.31. The Kier molecular flexibility index (Phi) is 4.51. The van der Waals surface area contributed by atoms with Crippen molar-refractivity contribution < 1.29 is 14.6 Å². The van der Waals surface area contributed by atoms with E-state index in [1.54, 1.807) is 25.1 Å². The molecule has 0 spiro atoms. The fourth-order valence-electron chi connectivity index (χ4n) is 1.89. The number of hydrogen-bond acceptors (Lipinski definition) is 5. The number of carbonyl (C=O) groups excluding carboxylic acids is 1. The highest BCUT2D eigenvalue weighted by Crippen LogP contribution is 2.24. The minimum atomic E-state index is -0.779. The van der Waals surface area contributed by atoms with Crippen LogP contribution in [-0.2, 0) is 9.63 Å². The van der Waals surface area contributed by atoms with E-state index in [2.05, 4.69) is 22.3 Å². The normalized spacial score (nSPS) is 16.2. The Balaban J connectivity index is 2.07. The highest BCUT2D eigenvalue weighted by molar-refractivity contribution is 6.06. The lowest BCUT2D eigenvalue weighted by atomic mass is 10.0. The predicted octanol–water partition coefficient (Wildman–Crippen LogP) is 1.23. The Morgan fingerprint density at radius 2 is 2.33 bits per heavy atom. The van der Waals surface area contributed by atoms with Gasteiger partial charge in [-0.1, -0.05) is 23.2 Å². The Hall–Kier alpha value is -2.88. The standard InChI is InChI=1S/C14H13N3O4/c1-2-3-8-15-14(18)13-9-11(16-21-13)10-6-4-5-7-12(10)17(19)20/h4-7,13H,8-9H2,1H3,(H,15,18)/t13-/m1/s1. The van der Waals surface area contributed by atoms with Crippen LogP contribution in [0.5, 0.6) is 0 Å². The summed E-state index contributed by atoms with van der Waals surface area (Å²) in [6.45, 7) is 1.91. The molecule has 0 aliphatic carbocycles. The molecule has 2 rings (SSSR count). The summed E-state index contributed by atoms with van der Waals surface area (Å²) >= 11 is 0. The van der Waals surface area contributed by atoms with E-state index in [0.717, 1.165) is 0 Å².